The summed E-state index contributed by atoms with van der Waals surface area (Å²) >= 11 is 0. The Morgan fingerprint density at radius 1 is 0.444 bits per heavy atom. The topological polar surface area (TPSA) is 77.6 Å². The molecule has 45 heavy (non-hydrogen) atoms. The van der Waals surface area contributed by atoms with Gasteiger partial charge in [0.2, 0.25) is 0 Å². The third kappa shape index (κ3) is 4.31. The molecule has 0 unspecified atom stereocenters. The summed E-state index contributed by atoms with van der Waals surface area (Å²) in [5.74, 6) is 1.82. The average Bonchev–Trinajstić information content (AvgIpc) is 3.50. The van der Waals surface area contributed by atoms with E-state index in [1.165, 1.54) is 0 Å². The Labute approximate surface area is 257 Å². The zero-order valence-corrected chi connectivity index (χ0v) is 23.9. The maximum absolute atomic E-state index is 6.36. The van der Waals surface area contributed by atoms with E-state index in [1.54, 1.807) is 0 Å². The highest BCUT2D eigenvalue weighted by atomic mass is 16.3. The van der Waals surface area contributed by atoms with Gasteiger partial charge in [0.15, 0.2) is 17.5 Å². The number of hydrogen-bond acceptors (Lipinski definition) is 6. The highest BCUT2D eigenvalue weighted by Crippen LogP contribution is 2.38. The van der Waals surface area contributed by atoms with Crippen LogP contribution in [0.4, 0.5) is 0 Å². The first-order valence-corrected chi connectivity index (χ1v) is 14.8. The van der Waals surface area contributed by atoms with Crippen LogP contribution in [0.3, 0.4) is 0 Å². The van der Waals surface area contributed by atoms with Crippen molar-refractivity contribution in [2.75, 3.05) is 0 Å². The van der Waals surface area contributed by atoms with Crippen LogP contribution < -0.4 is 0 Å². The van der Waals surface area contributed by atoms with Crippen LogP contribution in [0.25, 0.3) is 89.2 Å². The van der Waals surface area contributed by atoms with Gasteiger partial charge in [0.05, 0.1) is 16.7 Å². The van der Waals surface area contributed by atoms with Gasteiger partial charge in [-0.05, 0) is 36.4 Å². The lowest BCUT2D eigenvalue weighted by Gasteiger charge is -2.09. The first-order valence-electron chi connectivity index (χ1n) is 14.8. The van der Waals surface area contributed by atoms with Crippen molar-refractivity contribution < 1.29 is 4.42 Å². The summed E-state index contributed by atoms with van der Waals surface area (Å²) in [4.78, 5) is 24.6. The van der Waals surface area contributed by atoms with E-state index in [1.807, 2.05) is 91.1 Å². The van der Waals surface area contributed by atoms with E-state index in [4.69, 9.17) is 24.4 Å². The second kappa shape index (κ2) is 10.2. The molecule has 4 aromatic heterocycles. The van der Waals surface area contributed by atoms with Crippen molar-refractivity contribution in [3.05, 3.63) is 140 Å². The summed E-state index contributed by atoms with van der Waals surface area (Å²) in [7, 11) is 0. The van der Waals surface area contributed by atoms with Gasteiger partial charge in [0.25, 0.3) is 0 Å². The standard InChI is InChI=1S/C39H23N5O/c1-3-9-26(10-4-1)37-42-38(27-11-5-2-6-12-27)44-39(43-37)29-14-7-15-33-34(29)30-23-28(19-21-32(30)45-33)31-20-18-25-17-16-24-13-8-22-40-35(24)36(25)41-31/h1-23H. The van der Waals surface area contributed by atoms with E-state index in [0.717, 1.165) is 71.7 Å². The van der Waals surface area contributed by atoms with Crippen LogP contribution in [0.2, 0.25) is 0 Å². The number of furan rings is 1. The Bertz CT molecular complexity index is 2480. The Balaban J connectivity index is 1.26. The minimum atomic E-state index is 0.586. The summed E-state index contributed by atoms with van der Waals surface area (Å²) < 4.78 is 6.36. The molecular formula is C39H23N5O. The van der Waals surface area contributed by atoms with Gasteiger partial charge in [-0.25, -0.2) is 19.9 Å². The van der Waals surface area contributed by atoms with Gasteiger partial charge in [0.1, 0.15) is 11.2 Å². The highest BCUT2D eigenvalue weighted by molar-refractivity contribution is 6.13. The SMILES string of the molecule is c1ccc(-c2nc(-c3ccccc3)nc(-c3cccc4oc5ccc(-c6ccc7ccc8cccnc8c7n6)cc5c34)n2)cc1. The first kappa shape index (κ1) is 25.2. The van der Waals surface area contributed by atoms with Crippen molar-refractivity contribution >= 4 is 43.7 Å². The fourth-order valence-electron chi connectivity index (χ4n) is 5.99. The fourth-order valence-corrected chi connectivity index (χ4v) is 5.99. The largest absolute Gasteiger partial charge is 0.456 e. The Hall–Kier alpha value is -6.27. The molecule has 0 fully saturated rings. The van der Waals surface area contributed by atoms with Crippen LogP contribution in [-0.2, 0) is 0 Å². The number of hydrogen-bond donors (Lipinski definition) is 0. The summed E-state index contributed by atoms with van der Waals surface area (Å²) in [6, 6.07) is 44.6. The molecule has 0 amide bonds. The number of benzene rings is 5. The molecular weight excluding hydrogens is 554 g/mol. The minimum Gasteiger partial charge on any atom is -0.456 e. The smallest absolute Gasteiger partial charge is 0.164 e. The van der Waals surface area contributed by atoms with E-state index in [9.17, 15) is 0 Å². The fraction of sp³-hybridized carbons (Fsp3) is 0. The zero-order valence-electron chi connectivity index (χ0n) is 23.9. The van der Waals surface area contributed by atoms with Crippen molar-refractivity contribution in [2.45, 2.75) is 0 Å². The van der Waals surface area contributed by atoms with Crippen LogP contribution in [0.1, 0.15) is 0 Å². The third-order valence-electron chi connectivity index (χ3n) is 8.16. The molecule has 0 radical (unpaired) electrons. The normalized spacial score (nSPS) is 11.6. The number of pyridine rings is 2. The predicted octanol–water partition coefficient (Wildman–Crippen LogP) is 9.54. The molecule has 5 aromatic carbocycles. The van der Waals surface area contributed by atoms with Crippen LogP contribution >= 0.6 is 0 Å². The Morgan fingerprint density at radius 2 is 1.13 bits per heavy atom. The molecule has 0 saturated heterocycles. The molecule has 210 valence electrons. The molecule has 9 aromatic rings. The molecule has 9 rings (SSSR count). The van der Waals surface area contributed by atoms with Crippen LogP contribution in [-0.4, -0.2) is 24.9 Å². The van der Waals surface area contributed by atoms with Crippen molar-refractivity contribution in [1.82, 2.24) is 24.9 Å². The number of fused-ring (bicyclic) bond motifs is 6. The number of rotatable bonds is 4. The lowest BCUT2D eigenvalue weighted by atomic mass is 10.0. The van der Waals surface area contributed by atoms with Gasteiger partial charge in [0, 0.05) is 50.0 Å². The zero-order chi connectivity index (χ0) is 29.7. The average molecular weight is 578 g/mol. The maximum atomic E-state index is 6.36. The second-order valence-electron chi connectivity index (χ2n) is 10.9. The molecule has 0 aliphatic carbocycles. The van der Waals surface area contributed by atoms with Crippen molar-refractivity contribution in [2.24, 2.45) is 0 Å². The monoisotopic (exact) mass is 577 g/mol. The van der Waals surface area contributed by atoms with Crippen LogP contribution in [0.5, 0.6) is 0 Å². The van der Waals surface area contributed by atoms with Gasteiger partial charge in [-0.15, -0.1) is 0 Å². The molecule has 0 atom stereocenters. The predicted molar refractivity (Wildman–Crippen MR) is 179 cm³/mol. The maximum Gasteiger partial charge on any atom is 0.164 e. The molecule has 0 aliphatic heterocycles. The molecule has 0 spiro atoms. The number of nitrogens with zero attached hydrogens (tertiary/aromatic N) is 5. The third-order valence-corrected chi connectivity index (χ3v) is 8.16. The van der Waals surface area contributed by atoms with E-state index in [2.05, 4.69) is 53.5 Å². The Kier molecular flexibility index (Phi) is 5.71. The van der Waals surface area contributed by atoms with Crippen LogP contribution in [0.15, 0.2) is 144 Å². The molecule has 4 heterocycles. The summed E-state index contributed by atoms with van der Waals surface area (Å²) in [6.07, 6.45) is 1.81. The summed E-state index contributed by atoms with van der Waals surface area (Å²) in [6.45, 7) is 0. The minimum absolute atomic E-state index is 0.586. The summed E-state index contributed by atoms with van der Waals surface area (Å²) in [5.41, 5.74) is 7.92. The summed E-state index contributed by atoms with van der Waals surface area (Å²) in [5, 5.41) is 4.04. The van der Waals surface area contributed by atoms with Gasteiger partial charge in [-0.3, -0.25) is 4.98 Å². The highest BCUT2D eigenvalue weighted by Gasteiger charge is 2.18. The lowest BCUT2D eigenvalue weighted by molar-refractivity contribution is 0.669. The van der Waals surface area contributed by atoms with Crippen molar-refractivity contribution in [3.63, 3.8) is 0 Å². The van der Waals surface area contributed by atoms with E-state index < -0.39 is 0 Å². The molecule has 6 nitrogen and oxygen atoms in total. The first-order chi connectivity index (χ1) is 22.3. The van der Waals surface area contributed by atoms with E-state index in [-0.39, 0.29) is 0 Å². The lowest BCUT2D eigenvalue weighted by Crippen LogP contribution is -2.00. The molecule has 0 bridgehead atoms. The van der Waals surface area contributed by atoms with Crippen LogP contribution in [0, 0.1) is 0 Å². The van der Waals surface area contributed by atoms with Crippen molar-refractivity contribution in [1.29, 1.82) is 0 Å². The van der Waals surface area contributed by atoms with Gasteiger partial charge >= 0.3 is 0 Å². The quantitative estimate of drug-likeness (QED) is 0.194. The van der Waals surface area contributed by atoms with E-state index in [0.29, 0.717) is 17.5 Å². The molecule has 0 saturated carbocycles. The number of aromatic nitrogens is 5. The Morgan fingerprint density at radius 3 is 1.89 bits per heavy atom. The van der Waals surface area contributed by atoms with Gasteiger partial charge in [-0.1, -0.05) is 97.1 Å². The van der Waals surface area contributed by atoms with Gasteiger partial charge < -0.3 is 4.42 Å². The van der Waals surface area contributed by atoms with E-state index >= 15 is 0 Å². The molecule has 0 N–H and O–H groups in total. The van der Waals surface area contributed by atoms with Crippen molar-refractivity contribution in [3.8, 4) is 45.4 Å². The second-order valence-corrected chi connectivity index (χ2v) is 10.9. The van der Waals surface area contributed by atoms with Gasteiger partial charge in [-0.2, -0.15) is 0 Å². The molecule has 0 aliphatic rings. The molecule has 6 heteroatoms.